The number of pyridine rings is 1. The average molecular weight is 268 g/mol. The van der Waals surface area contributed by atoms with Gasteiger partial charge >= 0.3 is 0 Å². The van der Waals surface area contributed by atoms with E-state index in [1.165, 1.54) is 12.1 Å². The number of nitrogens with zero attached hydrogens (tertiary/aromatic N) is 3. The SMILES string of the molecule is Cn1ccc(Nc2cc(-c3ccc(F)cc3)ccn2)n1. The molecular formula is C15H13FN4. The summed E-state index contributed by atoms with van der Waals surface area (Å²) in [5.41, 5.74) is 1.91. The van der Waals surface area contributed by atoms with Crippen LogP contribution in [-0.2, 0) is 7.05 Å². The Balaban J connectivity index is 1.87. The number of anilines is 2. The van der Waals surface area contributed by atoms with E-state index in [4.69, 9.17) is 0 Å². The maximum absolute atomic E-state index is 12.9. The molecule has 0 saturated heterocycles. The van der Waals surface area contributed by atoms with Crippen molar-refractivity contribution in [3.8, 4) is 11.1 Å². The first kappa shape index (κ1) is 12.3. The molecule has 20 heavy (non-hydrogen) atoms. The molecule has 1 N–H and O–H groups in total. The summed E-state index contributed by atoms with van der Waals surface area (Å²) in [4.78, 5) is 4.25. The van der Waals surface area contributed by atoms with Gasteiger partial charge in [-0.2, -0.15) is 5.10 Å². The zero-order valence-corrected chi connectivity index (χ0v) is 10.9. The third kappa shape index (κ3) is 2.66. The summed E-state index contributed by atoms with van der Waals surface area (Å²) in [6.45, 7) is 0. The number of rotatable bonds is 3. The normalized spacial score (nSPS) is 10.5. The fourth-order valence-corrected chi connectivity index (χ4v) is 1.93. The summed E-state index contributed by atoms with van der Waals surface area (Å²) < 4.78 is 14.7. The lowest BCUT2D eigenvalue weighted by atomic mass is 10.1. The van der Waals surface area contributed by atoms with Gasteiger partial charge in [0, 0.05) is 25.5 Å². The van der Waals surface area contributed by atoms with E-state index in [0.29, 0.717) is 5.82 Å². The second kappa shape index (κ2) is 5.13. The van der Waals surface area contributed by atoms with Crippen LogP contribution in [0.1, 0.15) is 0 Å². The number of halogens is 1. The molecule has 0 bridgehead atoms. The Bertz CT molecular complexity index is 719. The Morgan fingerprint density at radius 3 is 2.50 bits per heavy atom. The molecule has 0 aliphatic carbocycles. The van der Waals surface area contributed by atoms with Gasteiger partial charge in [-0.1, -0.05) is 12.1 Å². The number of aryl methyl sites for hydroxylation is 1. The van der Waals surface area contributed by atoms with Crippen molar-refractivity contribution in [2.75, 3.05) is 5.32 Å². The van der Waals surface area contributed by atoms with Gasteiger partial charge in [-0.15, -0.1) is 0 Å². The van der Waals surface area contributed by atoms with Gasteiger partial charge in [-0.3, -0.25) is 4.68 Å². The molecule has 100 valence electrons. The summed E-state index contributed by atoms with van der Waals surface area (Å²) in [6, 6.07) is 12.0. The Hall–Kier alpha value is -2.69. The van der Waals surface area contributed by atoms with Crippen molar-refractivity contribution in [2.45, 2.75) is 0 Å². The Morgan fingerprint density at radius 2 is 1.80 bits per heavy atom. The summed E-state index contributed by atoms with van der Waals surface area (Å²) in [6.07, 6.45) is 3.57. The number of benzene rings is 1. The van der Waals surface area contributed by atoms with Gasteiger partial charge in [0.05, 0.1) is 0 Å². The van der Waals surface area contributed by atoms with Gasteiger partial charge < -0.3 is 5.32 Å². The van der Waals surface area contributed by atoms with Crippen LogP contribution in [0.25, 0.3) is 11.1 Å². The van der Waals surface area contributed by atoms with Crippen LogP contribution in [-0.4, -0.2) is 14.8 Å². The minimum atomic E-state index is -0.241. The second-order valence-electron chi connectivity index (χ2n) is 4.44. The van der Waals surface area contributed by atoms with Gasteiger partial charge in [0.2, 0.25) is 0 Å². The Morgan fingerprint density at radius 1 is 1.00 bits per heavy atom. The molecule has 0 aliphatic heterocycles. The second-order valence-corrected chi connectivity index (χ2v) is 4.44. The van der Waals surface area contributed by atoms with Crippen molar-refractivity contribution in [2.24, 2.45) is 7.05 Å². The third-order valence-electron chi connectivity index (χ3n) is 2.91. The molecule has 0 fully saturated rings. The van der Waals surface area contributed by atoms with Crippen LogP contribution in [0.5, 0.6) is 0 Å². The zero-order chi connectivity index (χ0) is 13.9. The van der Waals surface area contributed by atoms with Crippen molar-refractivity contribution >= 4 is 11.6 Å². The largest absolute Gasteiger partial charge is 0.323 e. The van der Waals surface area contributed by atoms with Gasteiger partial charge in [0.15, 0.2) is 5.82 Å². The van der Waals surface area contributed by atoms with Crippen molar-refractivity contribution in [1.82, 2.24) is 14.8 Å². The van der Waals surface area contributed by atoms with Gasteiger partial charge in [0.25, 0.3) is 0 Å². The van der Waals surface area contributed by atoms with Gasteiger partial charge in [-0.05, 0) is 35.4 Å². The molecule has 1 aromatic carbocycles. The first-order valence-corrected chi connectivity index (χ1v) is 6.19. The molecule has 4 nitrogen and oxygen atoms in total. The molecule has 5 heteroatoms. The van der Waals surface area contributed by atoms with E-state index >= 15 is 0 Å². The molecule has 0 unspecified atom stereocenters. The third-order valence-corrected chi connectivity index (χ3v) is 2.91. The van der Waals surface area contributed by atoms with E-state index in [9.17, 15) is 4.39 Å². The summed E-state index contributed by atoms with van der Waals surface area (Å²) in [5.74, 6) is 1.19. The van der Waals surface area contributed by atoms with Crippen LogP contribution >= 0.6 is 0 Å². The topological polar surface area (TPSA) is 42.7 Å². The number of hydrogen-bond donors (Lipinski definition) is 1. The van der Waals surface area contributed by atoms with Crippen molar-refractivity contribution in [3.05, 3.63) is 60.7 Å². The van der Waals surface area contributed by atoms with Crippen LogP contribution in [0.3, 0.4) is 0 Å². The minimum Gasteiger partial charge on any atom is -0.323 e. The van der Waals surface area contributed by atoms with Gasteiger partial charge in [-0.25, -0.2) is 9.37 Å². The Labute approximate surface area is 115 Å². The summed E-state index contributed by atoms with van der Waals surface area (Å²) >= 11 is 0. The summed E-state index contributed by atoms with van der Waals surface area (Å²) in [5, 5.41) is 7.37. The molecule has 2 aromatic heterocycles. The van der Waals surface area contributed by atoms with E-state index in [1.807, 2.05) is 31.4 Å². The molecule has 0 amide bonds. The van der Waals surface area contributed by atoms with Crippen LogP contribution in [0.4, 0.5) is 16.0 Å². The number of nitrogens with one attached hydrogen (secondary N) is 1. The standard InChI is InChI=1S/C15H13FN4/c1-20-9-7-14(19-20)18-15-10-12(6-8-17-15)11-2-4-13(16)5-3-11/h2-10H,1H3,(H,17,18,19). The molecule has 3 aromatic rings. The molecule has 3 rings (SSSR count). The molecule has 0 atom stereocenters. The quantitative estimate of drug-likeness (QED) is 0.792. The van der Waals surface area contributed by atoms with E-state index in [1.54, 1.807) is 23.0 Å². The summed E-state index contributed by atoms with van der Waals surface area (Å²) in [7, 11) is 1.85. The highest BCUT2D eigenvalue weighted by Gasteiger charge is 2.02. The molecule has 0 saturated carbocycles. The van der Waals surface area contributed by atoms with E-state index < -0.39 is 0 Å². The fraction of sp³-hybridized carbons (Fsp3) is 0.0667. The van der Waals surface area contributed by atoms with E-state index in [0.717, 1.165) is 16.9 Å². The lowest BCUT2D eigenvalue weighted by Crippen LogP contribution is -1.96. The highest BCUT2D eigenvalue weighted by molar-refractivity contribution is 5.67. The van der Waals surface area contributed by atoms with E-state index in [-0.39, 0.29) is 5.82 Å². The van der Waals surface area contributed by atoms with Crippen LogP contribution in [0, 0.1) is 5.82 Å². The number of aromatic nitrogens is 3. The monoisotopic (exact) mass is 268 g/mol. The van der Waals surface area contributed by atoms with Gasteiger partial charge in [0.1, 0.15) is 11.6 Å². The maximum Gasteiger partial charge on any atom is 0.153 e. The lowest BCUT2D eigenvalue weighted by Gasteiger charge is -2.05. The molecule has 0 aliphatic rings. The smallest absolute Gasteiger partial charge is 0.153 e. The molecular weight excluding hydrogens is 255 g/mol. The highest BCUT2D eigenvalue weighted by atomic mass is 19.1. The predicted molar refractivity (Wildman–Crippen MR) is 76.1 cm³/mol. The van der Waals surface area contributed by atoms with Crippen LogP contribution in [0.2, 0.25) is 0 Å². The van der Waals surface area contributed by atoms with E-state index in [2.05, 4.69) is 15.4 Å². The molecule has 2 heterocycles. The van der Waals surface area contributed by atoms with Crippen molar-refractivity contribution in [1.29, 1.82) is 0 Å². The first-order chi connectivity index (χ1) is 9.70. The minimum absolute atomic E-state index is 0.241. The van der Waals surface area contributed by atoms with Crippen molar-refractivity contribution in [3.63, 3.8) is 0 Å². The molecule has 0 radical (unpaired) electrons. The van der Waals surface area contributed by atoms with Crippen LogP contribution < -0.4 is 5.32 Å². The fourth-order valence-electron chi connectivity index (χ4n) is 1.93. The highest BCUT2D eigenvalue weighted by Crippen LogP contribution is 2.22. The Kier molecular flexibility index (Phi) is 3.16. The lowest BCUT2D eigenvalue weighted by molar-refractivity contribution is 0.628. The predicted octanol–water partition coefficient (Wildman–Crippen LogP) is 3.36. The van der Waals surface area contributed by atoms with Crippen LogP contribution in [0.15, 0.2) is 54.9 Å². The molecule has 0 spiro atoms. The van der Waals surface area contributed by atoms with Crippen molar-refractivity contribution < 1.29 is 4.39 Å². The zero-order valence-electron chi connectivity index (χ0n) is 10.9. The first-order valence-electron chi connectivity index (χ1n) is 6.19. The maximum atomic E-state index is 12.9. The number of hydrogen-bond acceptors (Lipinski definition) is 3. The average Bonchev–Trinajstić information content (AvgIpc) is 2.85.